The monoisotopic (exact) mass is 693 g/mol. The average Bonchev–Trinajstić information content (AvgIpc) is 3.06. The van der Waals surface area contributed by atoms with Crippen LogP contribution < -0.4 is 0 Å². The van der Waals surface area contributed by atoms with Crippen LogP contribution in [0.15, 0.2) is 121 Å². The van der Waals surface area contributed by atoms with Crippen molar-refractivity contribution in [1.29, 1.82) is 0 Å². The molecule has 272 valence electrons. The van der Waals surface area contributed by atoms with E-state index in [1.165, 1.54) is 13.8 Å². The van der Waals surface area contributed by atoms with Crippen LogP contribution in [0.2, 0.25) is 0 Å². The van der Waals surface area contributed by atoms with Gasteiger partial charge < -0.3 is 29.9 Å². The van der Waals surface area contributed by atoms with Crippen molar-refractivity contribution in [2.45, 2.75) is 79.8 Å². The molecule has 10 heteroatoms. The van der Waals surface area contributed by atoms with Crippen LogP contribution in [0.1, 0.15) is 102 Å². The summed E-state index contributed by atoms with van der Waals surface area (Å²) in [7, 11) is 0. The van der Waals surface area contributed by atoms with Crippen LogP contribution in [0, 0.1) is 0 Å². The number of carbonyl (C=O) groups excluding carboxylic acids is 2. The van der Waals surface area contributed by atoms with E-state index in [9.17, 15) is 9.59 Å². The number of aliphatic hydroxyl groups excluding tert-OH is 2. The second-order valence-corrected chi connectivity index (χ2v) is 10.5. The standard InChI is InChI=1S/2C10H12O2.2C8H10O.2C2H4O2/c2*1-8(12-9(2)11)10-6-4-3-5-7-10;2*1-7(9)8-5-3-2-4-6-8;2*1-2(3)4/h2*3-8H,1-2H3;2*2-7,9H,1H3;2*1H3,(H,3,4)/t8-;;7-;;;/m0.0.../s1/i;;;;1+1;. The maximum atomic E-state index is 10.6. The molecule has 0 spiro atoms. The molecule has 0 aliphatic carbocycles. The summed E-state index contributed by atoms with van der Waals surface area (Å²) >= 11 is 0. The summed E-state index contributed by atoms with van der Waals surface area (Å²) in [5.74, 6) is -2.15. The minimum atomic E-state index is -0.833. The van der Waals surface area contributed by atoms with Crippen molar-refractivity contribution in [3.63, 3.8) is 0 Å². The highest BCUT2D eigenvalue weighted by molar-refractivity contribution is 5.66. The number of rotatable bonds is 6. The van der Waals surface area contributed by atoms with Gasteiger partial charge in [-0.3, -0.25) is 19.2 Å². The lowest BCUT2D eigenvalue weighted by Gasteiger charge is -2.11. The van der Waals surface area contributed by atoms with Gasteiger partial charge in [0.25, 0.3) is 11.9 Å². The Morgan fingerprint density at radius 1 is 0.420 bits per heavy atom. The predicted molar refractivity (Wildman–Crippen MR) is 194 cm³/mol. The molecule has 4 N–H and O–H groups in total. The fourth-order valence-corrected chi connectivity index (χ4v) is 3.55. The number of esters is 2. The number of hydrogen-bond donors (Lipinski definition) is 4. The Morgan fingerprint density at radius 3 is 0.740 bits per heavy atom. The van der Waals surface area contributed by atoms with Gasteiger partial charge in [-0.25, -0.2) is 0 Å². The van der Waals surface area contributed by atoms with Gasteiger partial charge in [0.05, 0.1) is 12.2 Å². The topological polar surface area (TPSA) is 168 Å². The van der Waals surface area contributed by atoms with Gasteiger partial charge in [-0.2, -0.15) is 0 Å². The first-order valence-corrected chi connectivity index (χ1v) is 15.8. The molecule has 0 bridgehead atoms. The Labute approximate surface area is 296 Å². The van der Waals surface area contributed by atoms with Crippen molar-refractivity contribution in [2.24, 2.45) is 0 Å². The summed E-state index contributed by atoms with van der Waals surface area (Å²) in [6.07, 6.45) is -0.982. The number of ether oxygens (including phenoxy) is 2. The molecule has 0 saturated carbocycles. The van der Waals surface area contributed by atoms with Crippen LogP contribution in [-0.4, -0.2) is 44.3 Å². The molecule has 0 aliphatic rings. The summed E-state index contributed by atoms with van der Waals surface area (Å²) in [6, 6.07) is 38.5. The van der Waals surface area contributed by atoms with Crippen molar-refractivity contribution in [1.82, 2.24) is 0 Å². The largest absolute Gasteiger partial charge is 0.481 e. The van der Waals surface area contributed by atoms with Gasteiger partial charge in [0.15, 0.2) is 0 Å². The molecular formula is C40H52O10. The number of carbonyl (C=O) groups is 4. The molecule has 10 nitrogen and oxygen atoms in total. The number of aliphatic hydroxyl groups is 2. The number of aliphatic carboxylic acids is 2. The molecule has 0 aromatic heterocycles. The Bertz CT molecular complexity index is 1320. The first kappa shape index (κ1) is 46.8. The quantitative estimate of drug-likeness (QED) is 0.114. The molecule has 2 unspecified atom stereocenters. The normalized spacial score (nSPS) is 11.6. The van der Waals surface area contributed by atoms with E-state index in [-0.39, 0.29) is 36.4 Å². The van der Waals surface area contributed by atoms with E-state index in [0.717, 1.165) is 36.1 Å². The molecule has 0 radical (unpaired) electrons. The maximum Gasteiger partial charge on any atom is 0.303 e. The highest BCUT2D eigenvalue weighted by Crippen LogP contribution is 2.16. The van der Waals surface area contributed by atoms with E-state index in [1.54, 1.807) is 13.8 Å². The summed E-state index contributed by atoms with van der Waals surface area (Å²) in [5.41, 5.74) is 3.98. The number of carboxylic acid groups (broad SMARTS) is 2. The van der Waals surface area contributed by atoms with Crippen LogP contribution in [0.5, 0.6) is 0 Å². The molecule has 4 rings (SSSR count). The zero-order valence-electron chi connectivity index (χ0n) is 30.1. The molecule has 0 heterocycles. The van der Waals surface area contributed by atoms with Gasteiger partial charge in [-0.1, -0.05) is 121 Å². The smallest absolute Gasteiger partial charge is 0.303 e. The van der Waals surface area contributed by atoms with E-state index in [2.05, 4.69) is 0 Å². The number of benzene rings is 4. The van der Waals surface area contributed by atoms with Crippen molar-refractivity contribution in [2.75, 3.05) is 0 Å². The molecule has 4 atom stereocenters. The molecular weight excluding hydrogens is 641 g/mol. The van der Waals surface area contributed by atoms with Crippen molar-refractivity contribution in [3.8, 4) is 0 Å². The van der Waals surface area contributed by atoms with E-state index in [1.807, 2.05) is 135 Å². The summed E-state index contributed by atoms with van der Waals surface area (Å²) < 4.78 is 9.99. The second-order valence-electron chi connectivity index (χ2n) is 10.5. The average molecular weight is 694 g/mol. The van der Waals surface area contributed by atoms with Gasteiger partial charge in [0.2, 0.25) is 0 Å². The van der Waals surface area contributed by atoms with Crippen LogP contribution in [0.4, 0.5) is 0 Å². The second kappa shape index (κ2) is 28.7. The molecule has 50 heavy (non-hydrogen) atoms. The Kier molecular flexibility index (Phi) is 26.8. The minimum Gasteiger partial charge on any atom is -0.481 e. The fraction of sp³-hybridized carbons (Fsp3) is 0.300. The van der Waals surface area contributed by atoms with Gasteiger partial charge in [0.1, 0.15) is 12.2 Å². The van der Waals surface area contributed by atoms with E-state index in [0.29, 0.717) is 0 Å². The minimum absolute atomic E-state index is 0.149. The third kappa shape index (κ3) is 28.9. The molecule has 0 saturated heterocycles. The molecule has 0 amide bonds. The van der Waals surface area contributed by atoms with E-state index >= 15 is 0 Å². The first-order valence-electron chi connectivity index (χ1n) is 15.8. The van der Waals surface area contributed by atoms with Gasteiger partial charge in [-0.05, 0) is 49.9 Å². The molecule has 0 fully saturated rings. The van der Waals surface area contributed by atoms with Crippen LogP contribution in [0.3, 0.4) is 0 Å². The SMILES string of the molecule is CC(=O)O.CC(=O)OC(C)c1ccccc1.CC(=O)O[C@@H](C)c1ccccc1.CC(O)c1ccccc1.C[C@H](O)c1ccccc1.[13CH3]C(=O)O. The predicted octanol–water partition coefficient (Wildman–Crippen LogP) is 8.28. The summed E-state index contributed by atoms with van der Waals surface area (Å²) in [6.45, 7) is 12.2. The highest BCUT2D eigenvalue weighted by atomic mass is 16.5. The Morgan fingerprint density at radius 2 is 0.600 bits per heavy atom. The fourth-order valence-electron chi connectivity index (χ4n) is 3.55. The van der Waals surface area contributed by atoms with Gasteiger partial charge in [0, 0.05) is 27.7 Å². The third-order valence-corrected chi connectivity index (χ3v) is 5.79. The van der Waals surface area contributed by atoms with Gasteiger partial charge in [-0.15, -0.1) is 0 Å². The summed E-state index contributed by atoms with van der Waals surface area (Å²) in [4.78, 5) is 39.2. The Hall–Kier alpha value is -5.32. The van der Waals surface area contributed by atoms with Crippen molar-refractivity contribution < 1.29 is 49.1 Å². The lowest BCUT2D eigenvalue weighted by atomic mass is 10.1. The highest BCUT2D eigenvalue weighted by Gasteiger charge is 2.07. The Balaban J connectivity index is 0. The maximum absolute atomic E-state index is 10.6. The van der Waals surface area contributed by atoms with Crippen molar-refractivity contribution in [3.05, 3.63) is 144 Å². The van der Waals surface area contributed by atoms with Crippen LogP contribution in [-0.2, 0) is 28.7 Å². The lowest BCUT2D eigenvalue weighted by molar-refractivity contribution is -0.146. The summed E-state index contributed by atoms with van der Waals surface area (Å²) in [5, 5.41) is 32.9. The van der Waals surface area contributed by atoms with E-state index in [4.69, 9.17) is 39.5 Å². The molecule has 4 aromatic carbocycles. The number of hydrogen-bond acceptors (Lipinski definition) is 8. The van der Waals surface area contributed by atoms with Crippen molar-refractivity contribution >= 4 is 23.9 Å². The number of carboxylic acids is 2. The third-order valence-electron chi connectivity index (χ3n) is 5.79. The van der Waals surface area contributed by atoms with Crippen LogP contribution in [0.25, 0.3) is 0 Å². The zero-order chi connectivity index (χ0) is 38.5. The van der Waals surface area contributed by atoms with E-state index < -0.39 is 11.9 Å². The first-order chi connectivity index (χ1) is 23.5. The zero-order valence-corrected chi connectivity index (χ0v) is 30.1. The van der Waals surface area contributed by atoms with Gasteiger partial charge >= 0.3 is 11.9 Å². The van der Waals surface area contributed by atoms with Crippen LogP contribution >= 0.6 is 0 Å². The lowest BCUT2D eigenvalue weighted by Crippen LogP contribution is -2.04. The molecule has 4 aromatic rings. The molecule has 0 aliphatic heterocycles.